The average Bonchev–Trinajstić information content (AvgIpc) is 2.45. The number of methoxy groups -OCH3 is 1. The lowest BCUT2D eigenvalue weighted by molar-refractivity contribution is 0.163. The Morgan fingerprint density at radius 1 is 1.25 bits per heavy atom. The van der Waals surface area contributed by atoms with Crippen molar-refractivity contribution in [2.24, 2.45) is 11.3 Å². The monoisotopic (exact) mass is 275 g/mol. The molecule has 1 N–H and O–H groups in total. The molecule has 0 heterocycles. The van der Waals surface area contributed by atoms with Gasteiger partial charge >= 0.3 is 0 Å². The Balaban J connectivity index is 2.02. The zero-order valence-corrected chi connectivity index (χ0v) is 13.4. The van der Waals surface area contributed by atoms with Gasteiger partial charge < -0.3 is 10.1 Å². The molecule has 1 aliphatic rings. The molecule has 0 saturated heterocycles. The van der Waals surface area contributed by atoms with Crippen LogP contribution in [0.4, 0.5) is 0 Å². The predicted octanol–water partition coefficient (Wildman–Crippen LogP) is 4.04. The maximum atomic E-state index is 5.48. The molecule has 1 aliphatic carbocycles. The second-order valence-electron chi connectivity index (χ2n) is 6.91. The highest BCUT2D eigenvalue weighted by Crippen LogP contribution is 2.39. The molecular formula is C18H29NO. The Morgan fingerprint density at radius 2 is 1.90 bits per heavy atom. The van der Waals surface area contributed by atoms with Gasteiger partial charge in [-0.15, -0.1) is 0 Å². The van der Waals surface area contributed by atoms with Crippen molar-refractivity contribution in [3.63, 3.8) is 0 Å². The number of para-hydroxylation sites is 1. The first-order chi connectivity index (χ1) is 9.55. The Morgan fingerprint density at radius 3 is 2.50 bits per heavy atom. The zero-order chi connectivity index (χ0) is 14.6. The standard InChI is InChI=1S/C18H29NO/c1-18(2)11-9-14(10-12-18)16(19-3)13-15-7-5-6-8-17(15)20-4/h5-8,14,16,19H,9-13H2,1-4H3. The summed E-state index contributed by atoms with van der Waals surface area (Å²) in [7, 11) is 3.86. The molecule has 2 heteroatoms. The van der Waals surface area contributed by atoms with E-state index in [4.69, 9.17) is 4.74 Å². The van der Waals surface area contributed by atoms with Crippen LogP contribution in [-0.4, -0.2) is 20.2 Å². The Labute approximate surface area is 123 Å². The van der Waals surface area contributed by atoms with Crippen molar-refractivity contribution in [1.82, 2.24) is 5.32 Å². The van der Waals surface area contributed by atoms with Crippen molar-refractivity contribution < 1.29 is 4.74 Å². The van der Waals surface area contributed by atoms with E-state index in [0.29, 0.717) is 11.5 Å². The second kappa shape index (κ2) is 6.62. The normalized spacial score (nSPS) is 20.6. The molecule has 0 radical (unpaired) electrons. The number of hydrogen-bond donors (Lipinski definition) is 1. The molecule has 0 aliphatic heterocycles. The molecule has 0 bridgehead atoms. The zero-order valence-electron chi connectivity index (χ0n) is 13.4. The Hall–Kier alpha value is -1.02. The van der Waals surface area contributed by atoms with E-state index in [2.05, 4.69) is 44.4 Å². The molecule has 0 amide bonds. The molecule has 2 rings (SSSR count). The molecule has 1 fully saturated rings. The van der Waals surface area contributed by atoms with Crippen LogP contribution in [0.15, 0.2) is 24.3 Å². The highest BCUT2D eigenvalue weighted by atomic mass is 16.5. The van der Waals surface area contributed by atoms with E-state index in [1.165, 1.54) is 31.2 Å². The molecule has 0 aromatic heterocycles. The van der Waals surface area contributed by atoms with Crippen molar-refractivity contribution in [3.05, 3.63) is 29.8 Å². The van der Waals surface area contributed by atoms with Crippen LogP contribution in [0, 0.1) is 11.3 Å². The predicted molar refractivity (Wildman–Crippen MR) is 85.3 cm³/mol. The van der Waals surface area contributed by atoms with Gasteiger partial charge in [-0.05, 0) is 62.1 Å². The van der Waals surface area contributed by atoms with Crippen molar-refractivity contribution in [2.75, 3.05) is 14.2 Å². The van der Waals surface area contributed by atoms with E-state index in [1.54, 1.807) is 7.11 Å². The molecule has 1 aromatic carbocycles. The molecule has 1 aromatic rings. The van der Waals surface area contributed by atoms with Gasteiger partial charge in [0.25, 0.3) is 0 Å². The van der Waals surface area contributed by atoms with Gasteiger partial charge in [-0.25, -0.2) is 0 Å². The lowest BCUT2D eigenvalue weighted by Crippen LogP contribution is -2.38. The lowest BCUT2D eigenvalue weighted by Gasteiger charge is -2.38. The van der Waals surface area contributed by atoms with Gasteiger partial charge in [0.1, 0.15) is 5.75 Å². The van der Waals surface area contributed by atoms with Crippen LogP contribution in [0.5, 0.6) is 5.75 Å². The molecular weight excluding hydrogens is 246 g/mol. The first-order valence-electron chi connectivity index (χ1n) is 7.85. The first-order valence-corrected chi connectivity index (χ1v) is 7.85. The molecule has 1 atom stereocenters. The Bertz CT molecular complexity index is 417. The van der Waals surface area contributed by atoms with Crippen LogP contribution >= 0.6 is 0 Å². The first kappa shape index (κ1) is 15.4. The summed E-state index contributed by atoms with van der Waals surface area (Å²) >= 11 is 0. The highest BCUT2D eigenvalue weighted by Gasteiger charge is 2.31. The minimum Gasteiger partial charge on any atom is -0.496 e. The third kappa shape index (κ3) is 3.76. The van der Waals surface area contributed by atoms with Gasteiger partial charge in [0.05, 0.1) is 7.11 Å². The van der Waals surface area contributed by atoms with E-state index >= 15 is 0 Å². The number of likely N-dealkylation sites (N-methyl/N-ethyl adjacent to an activating group) is 1. The van der Waals surface area contributed by atoms with E-state index in [-0.39, 0.29) is 0 Å². The molecule has 1 unspecified atom stereocenters. The van der Waals surface area contributed by atoms with Crippen LogP contribution in [-0.2, 0) is 6.42 Å². The van der Waals surface area contributed by atoms with Crippen LogP contribution in [0.2, 0.25) is 0 Å². The largest absolute Gasteiger partial charge is 0.496 e. The minimum atomic E-state index is 0.541. The Kier molecular flexibility index (Phi) is 5.09. The topological polar surface area (TPSA) is 21.3 Å². The van der Waals surface area contributed by atoms with Crippen molar-refractivity contribution in [2.45, 2.75) is 52.0 Å². The van der Waals surface area contributed by atoms with E-state index < -0.39 is 0 Å². The molecule has 20 heavy (non-hydrogen) atoms. The fraction of sp³-hybridized carbons (Fsp3) is 0.667. The van der Waals surface area contributed by atoms with E-state index in [1.807, 2.05) is 6.07 Å². The fourth-order valence-corrected chi connectivity index (χ4v) is 3.44. The van der Waals surface area contributed by atoms with Gasteiger partial charge in [0, 0.05) is 6.04 Å². The summed E-state index contributed by atoms with van der Waals surface area (Å²) in [6.07, 6.45) is 6.44. The van der Waals surface area contributed by atoms with Crippen molar-refractivity contribution in [3.8, 4) is 5.75 Å². The highest BCUT2D eigenvalue weighted by molar-refractivity contribution is 5.34. The smallest absolute Gasteiger partial charge is 0.122 e. The summed E-state index contributed by atoms with van der Waals surface area (Å²) in [5.74, 6) is 1.81. The van der Waals surface area contributed by atoms with Crippen LogP contribution in [0.3, 0.4) is 0 Å². The summed E-state index contributed by atoms with van der Waals surface area (Å²) in [5, 5.41) is 3.54. The number of rotatable bonds is 5. The van der Waals surface area contributed by atoms with E-state index in [9.17, 15) is 0 Å². The minimum absolute atomic E-state index is 0.541. The second-order valence-corrected chi connectivity index (χ2v) is 6.91. The quantitative estimate of drug-likeness (QED) is 0.875. The number of hydrogen-bond acceptors (Lipinski definition) is 2. The van der Waals surface area contributed by atoms with Gasteiger partial charge in [0.2, 0.25) is 0 Å². The summed E-state index contributed by atoms with van der Waals surface area (Å²) in [6, 6.07) is 8.96. The maximum Gasteiger partial charge on any atom is 0.122 e. The summed E-state index contributed by atoms with van der Waals surface area (Å²) in [4.78, 5) is 0. The third-order valence-corrected chi connectivity index (χ3v) is 4.96. The van der Waals surface area contributed by atoms with Crippen molar-refractivity contribution >= 4 is 0 Å². The number of ether oxygens (including phenoxy) is 1. The molecule has 1 saturated carbocycles. The fourth-order valence-electron chi connectivity index (χ4n) is 3.44. The SMILES string of the molecule is CNC(Cc1ccccc1OC)C1CCC(C)(C)CC1. The van der Waals surface area contributed by atoms with Crippen molar-refractivity contribution in [1.29, 1.82) is 0 Å². The summed E-state index contributed by atoms with van der Waals surface area (Å²) < 4.78 is 5.48. The third-order valence-electron chi connectivity index (χ3n) is 4.96. The lowest BCUT2D eigenvalue weighted by atomic mass is 9.70. The van der Waals surface area contributed by atoms with Gasteiger partial charge in [-0.2, -0.15) is 0 Å². The average molecular weight is 275 g/mol. The van der Waals surface area contributed by atoms with Crippen LogP contribution in [0.1, 0.15) is 45.1 Å². The van der Waals surface area contributed by atoms with Gasteiger partial charge in [-0.1, -0.05) is 32.0 Å². The maximum absolute atomic E-state index is 5.48. The van der Waals surface area contributed by atoms with E-state index in [0.717, 1.165) is 18.1 Å². The van der Waals surface area contributed by atoms with Crippen LogP contribution in [0.25, 0.3) is 0 Å². The van der Waals surface area contributed by atoms with Crippen LogP contribution < -0.4 is 10.1 Å². The molecule has 2 nitrogen and oxygen atoms in total. The van der Waals surface area contributed by atoms with Gasteiger partial charge in [-0.3, -0.25) is 0 Å². The van der Waals surface area contributed by atoms with Gasteiger partial charge in [0.15, 0.2) is 0 Å². The molecule has 112 valence electrons. The number of nitrogens with one attached hydrogen (secondary N) is 1. The summed E-state index contributed by atoms with van der Waals surface area (Å²) in [6.45, 7) is 4.80. The number of benzene rings is 1. The summed E-state index contributed by atoms with van der Waals surface area (Å²) in [5.41, 5.74) is 1.86. The molecule has 0 spiro atoms.